The molecule has 0 radical (unpaired) electrons. The van der Waals surface area contributed by atoms with Gasteiger partial charge in [0, 0.05) is 16.6 Å². The Labute approximate surface area is 147 Å². The lowest BCUT2D eigenvalue weighted by Crippen LogP contribution is -2.16. The zero-order valence-corrected chi connectivity index (χ0v) is 14.3. The molecule has 0 amide bonds. The highest BCUT2D eigenvalue weighted by atomic mass is 32.1. The smallest absolute Gasteiger partial charge is 0.267 e. The molecule has 0 aliphatic heterocycles. The van der Waals surface area contributed by atoms with Crippen LogP contribution in [0.4, 0.5) is 0 Å². The second-order valence-electron chi connectivity index (χ2n) is 5.48. The van der Waals surface area contributed by atoms with Crippen molar-refractivity contribution in [3.63, 3.8) is 0 Å². The number of aryl methyl sites for hydroxylation is 1. The molecule has 124 valence electrons. The summed E-state index contributed by atoms with van der Waals surface area (Å²) in [7, 11) is 0. The Hall–Kier alpha value is -3.06. The third-order valence-electron chi connectivity index (χ3n) is 3.79. The van der Waals surface area contributed by atoms with Gasteiger partial charge >= 0.3 is 0 Å². The molecule has 0 atom stereocenters. The van der Waals surface area contributed by atoms with Crippen LogP contribution in [0.15, 0.2) is 65.0 Å². The number of nitrogens with zero attached hydrogens (tertiary/aromatic N) is 5. The third-order valence-corrected chi connectivity index (χ3v) is 4.98. The topological polar surface area (TPSA) is 65.1 Å². The predicted molar refractivity (Wildman–Crippen MR) is 99.8 cm³/mol. The van der Waals surface area contributed by atoms with E-state index in [0.29, 0.717) is 5.39 Å². The minimum atomic E-state index is -0.160. The molecular weight excluding hydrogens is 334 g/mol. The molecule has 4 aromatic rings. The molecule has 25 heavy (non-hydrogen) atoms. The summed E-state index contributed by atoms with van der Waals surface area (Å²) in [5, 5.41) is 9.16. The van der Waals surface area contributed by atoms with E-state index in [0.717, 1.165) is 27.4 Å². The lowest BCUT2D eigenvalue weighted by molar-refractivity contribution is 0.818. The standard InChI is InChI=1S/C18H15N5OS/c1-2-15-8-16-17(25-15)19-12-23(18(16)24)21-10-13-9-20-22(11-13)14-6-4-3-5-7-14/h3-12H,2H2,1H3/b21-10-. The fraction of sp³-hybridized carbons (Fsp3) is 0.111. The predicted octanol–water partition coefficient (Wildman–Crippen LogP) is 3.09. The number of benzene rings is 1. The summed E-state index contributed by atoms with van der Waals surface area (Å²) in [4.78, 5) is 18.7. The van der Waals surface area contributed by atoms with Crippen molar-refractivity contribution >= 4 is 27.8 Å². The van der Waals surface area contributed by atoms with Gasteiger partial charge in [0.2, 0.25) is 0 Å². The van der Waals surface area contributed by atoms with Gasteiger partial charge in [0.25, 0.3) is 5.56 Å². The molecule has 3 heterocycles. The first-order chi connectivity index (χ1) is 12.2. The second kappa shape index (κ2) is 6.45. The lowest BCUT2D eigenvalue weighted by atomic mass is 10.3. The fourth-order valence-electron chi connectivity index (χ4n) is 2.47. The molecule has 3 aromatic heterocycles. The highest BCUT2D eigenvalue weighted by Gasteiger charge is 2.07. The highest BCUT2D eigenvalue weighted by molar-refractivity contribution is 7.18. The number of rotatable bonds is 4. The zero-order chi connectivity index (χ0) is 17.2. The van der Waals surface area contributed by atoms with Crippen LogP contribution in [0.1, 0.15) is 17.4 Å². The van der Waals surface area contributed by atoms with Crippen LogP contribution in [0, 0.1) is 0 Å². The molecule has 0 fully saturated rings. The molecule has 0 aliphatic carbocycles. The van der Waals surface area contributed by atoms with Crippen molar-refractivity contribution in [1.82, 2.24) is 19.4 Å². The first-order valence-electron chi connectivity index (χ1n) is 7.89. The first kappa shape index (κ1) is 15.5. The molecule has 0 saturated heterocycles. The zero-order valence-electron chi connectivity index (χ0n) is 13.5. The molecule has 4 rings (SSSR count). The Balaban J connectivity index is 1.64. The fourth-order valence-corrected chi connectivity index (χ4v) is 3.40. The maximum atomic E-state index is 12.5. The molecule has 0 bridgehead atoms. The van der Waals surface area contributed by atoms with Crippen molar-refractivity contribution in [2.45, 2.75) is 13.3 Å². The van der Waals surface area contributed by atoms with Crippen LogP contribution in [-0.4, -0.2) is 25.7 Å². The van der Waals surface area contributed by atoms with Crippen LogP contribution in [0.5, 0.6) is 0 Å². The van der Waals surface area contributed by atoms with Crippen molar-refractivity contribution in [1.29, 1.82) is 0 Å². The molecule has 6 nitrogen and oxygen atoms in total. The Morgan fingerprint density at radius 3 is 2.92 bits per heavy atom. The largest absolute Gasteiger partial charge is 0.282 e. The monoisotopic (exact) mass is 349 g/mol. The summed E-state index contributed by atoms with van der Waals surface area (Å²) < 4.78 is 3.02. The van der Waals surface area contributed by atoms with Crippen LogP contribution in [0.3, 0.4) is 0 Å². The number of para-hydroxylation sites is 1. The third kappa shape index (κ3) is 3.01. The Bertz CT molecular complexity index is 1110. The summed E-state index contributed by atoms with van der Waals surface area (Å²) in [5.41, 5.74) is 1.61. The van der Waals surface area contributed by atoms with Crippen LogP contribution in [0.25, 0.3) is 15.9 Å². The van der Waals surface area contributed by atoms with E-state index < -0.39 is 0 Å². The van der Waals surface area contributed by atoms with Crippen LogP contribution in [0.2, 0.25) is 0 Å². The quantitative estimate of drug-likeness (QED) is 0.532. The lowest BCUT2D eigenvalue weighted by Gasteiger charge is -1.98. The normalized spacial score (nSPS) is 11.6. The van der Waals surface area contributed by atoms with Gasteiger partial charge < -0.3 is 0 Å². The summed E-state index contributed by atoms with van der Waals surface area (Å²) in [6.07, 6.45) is 7.51. The first-order valence-corrected chi connectivity index (χ1v) is 8.71. The molecule has 1 aromatic carbocycles. The van der Waals surface area contributed by atoms with Crippen molar-refractivity contribution in [2.75, 3.05) is 0 Å². The molecule has 0 spiro atoms. The van der Waals surface area contributed by atoms with E-state index >= 15 is 0 Å². The molecule has 0 unspecified atom stereocenters. The highest BCUT2D eigenvalue weighted by Crippen LogP contribution is 2.20. The Morgan fingerprint density at radius 2 is 2.12 bits per heavy atom. The summed E-state index contributed by atoms with van der Waals surface area (Å²) in [6.45, 7) is 2.06. The summed E-state index contributed by atoms with van der Waals surface area (Å²) in [6, 6.07) is 11.7. The van der Waals surface area contributed by atoms with Gasteiger partial charge in [0.1, 0.15) is 11.2 Å². The minimum Gasteiger partial charge on any atom is -0.267 e. The van der Waals surface area contributed by atoms with Gasteiger partial charge in [-0.2, -0.15) is 14.9 Å². The summed E-state index contributed by atoms with van der Waals surface area (Å²) in [5.74, 6) is 0. The van der Waals surface area contributed by atoms with Gasteiger partial charge in [-0.3, -0.25) is 4.79 Å². The van der Waals surface area contributed by atoms with Gasteiger partial charge in [-0.15, -0.1) is 11.3 Å². The average Bonchev–Trinajstić information content (AvgIpc) is 3.29. The summed E-state index contributed by atoms with van der Waals surface area (Å²) >= 11 is 1.55. The Kier molecular flexibility index (Phi) is 3.99. The van der Waals surface area contributed by atoms with Crippen LogP contribution in [-0.2, 0) is 6.42 Å². The van der Waals surface area contributed by atoms with E-state index in [-0.39, 0.29) is 5.56 Å². The van der Waals surface area contributed by atoms with Crippen molar-refractivity contribution in [2.24, 2.45) is 5.10 Å². The molecule has 0 aliphatic rings. The van der Waals surface area contributed by atoms with Crippen molar-refractivity contribution < 1.29 is 0 Å². The molecular formula is C18H15N5OS. The van der Waals surface area contributed by atoms with Gasteiger partial charge in [0.15, 0.2) is 0 Å². The van der Waals surface area contributed by atoms with Crippen LogP contribution < -0.4 is 5.56 Å². The van der Waals surface area contributed by atoms with Crippen molar-refractivity contribution in [3.8, 4) is 5.69 Å². The van der Waals surface area contributed by atoms with Gasteiger partial charge in [-0.05, 0) is 24.6 Å². The average molecular weight is 349 g/mol. The number of hydrogen-bond acceptors (Lipinski definition) is 5. The number of fused-ring (bicyclic) bond motifs is 1. The maximum absolute atomic E-state index is 12.5. The van der Waals surface area contributed by atoms with E-state index in [4.69, 9.17) is 0 Å². The van der Waals surface area contributed by atoms with Gasteiger partial charge in [-0.25, -0.2) is 9.67 Å². The molecule has 0 N–H and O–H groups in total. The van der Waals surface area contributed by atoms with E-state index in [1.807, 2.05) is 42.6 Å². The Morgan fingerprint density at radius 1 is 1.28 bits per heavy atom. The van der Waals surface area contributed by atoms with Gasteiger partial charge in [0.05, 0.1) is 23.5 Å². The minimum absolute atomic E-state index is 0.160. The van der Waals surface area contributed by atoms with Crippen LogP contribution >= 0.6 is 11.3 Å². The number of aromatic nitrogens is 4. The van der Waals surface area contributed by atoms with E-state index in [9.17, 15) is 4.79 Å². The molecule has 7 heteroatoms. The second-order valence-corrected chi connectivity index (χ2v) is 6.59. The van der Waals surface area contributed by atoms with E-state index in [2.05, 4.69) is 22.1 Å². The maximum Gasteiger partial charge on any atom is 0.282 e. The van der Waals surface area contributed by atoms with Gasteiger partial charge in [-0.1, -0.05) is 25.1 Å². The van der Waals surface area contributed by atoms with E-state index in [1.165, 1.54) is 11.0 Å². The number of thiophene rings is 1. The SMILES string of the molecule is CCc1cc2c(=O)n(/N=C\c3cnn(-c4ccccc4)c3)cnc2s1. The number of hydrogen-bond donors (Lipinski definition) is 0. The van der Waals surface area contributed by atoms with E-state index in [1.54, 1.807) is 28.4 Å². The van der Waals surface area contributed by atoms with Crippen molar-refractivity contribution in [3.05, 3.63) is 75.9 Å². The molecule has 0 saturated carbocycles.